The predicted octanol–water partition coefficient (Wildman–Crippen LogP) is 3.21. The van der Waals surface area contributed by atoms with Crippen molar-refractivity contribution in [3.63, 3.8) is 0 Å². The lowest BCUT2D eigenvalue weighted by Crippen LogP contribution is -2.19. The van der Waals surface area contributed by atoms with Crippen LogP contribution in [0.3, 0.4) is 0 Å². The van der Waals surface area contributed by atoms with Crippen molar-refractivity contribution in [1.29, 1.82) is 0 Å². The van der Waals surface area contributed by atoms with E-state index in [1.54, 1.807) is 11.3 Å². The first-order valence-electron chi connectivity index (χ1n) is 4.61. The minimum atomic E-state index is 0.482. The summed E-state index contributed by atoms with van der Waals surface area (Å²) < 4.78 is 1.12. The molecule has 0 radical (unpaired) electrons. The second-order valence-corrected chi connectivity index (χ2v) is 6.48. The van der Waals surface area contributed by atoms with Gasteiger partial charge >= 0.3 is 0 Å². The lowest BCUT2D eigenvalue weighted by molar-refractivity contribution is 0.393. The molecule has 4 heteroatoms. The molecule has 0 saturated heterocycles. The van der Waals surface area contributed by atoms with Gasteiger partial charge in [0.2, 0.25) is 0 Å². The lowest BCUT2D eigenvalue weighted by Gasteiger charge is -2.25. The molecule has 1 aliphatic rings. The average Bonchev–Trinajstić information content (AvgIpc) is 2.63. The Labute approximate surface area is 87.2 Å². The Morgan fingerprint density at radius 3 is 3.00 bits per heavy atom. The zero-order chi connectivity index (χ0) is 9.31. The normalized spacial score (nSPS) is 26.5. The van der Waals surface area contributed by atoms with Crippen molar-refractivity contribution >= 4 is 23.1 Å². The van der Waals surface area contributed by atoms with E-state index in [-0.39, 0.29) is 0 Å². The van der Waals surface area contributed by atoms with Crippen LogP contribution < -0.4 is 0 Å². The van der Waals surface area contributed by atoms with Crippen LogP contribution in [0.1, 0.15) is 33.1 Å². The minimum Gasteiger partial charge on any atom is -0.146 e. The van der Waals surface area contributed by atoms with E-state index in [1.165, 1.54) is 19.3 Å². The summed E-state index contributed by atoms with van der Waals surface area (Å²) >= 11 is 3.56. The maximum Gasteiger partial charge on any atom is 0.174 e. The first-order chi connectivity index (χ1) is 6.18. The Morgan fingerprint density at radius 2 is 2.46 bits per heavy atom. The highest BCUT2D eigenvalue weighted by Crippen LogP contribution is 2.46. The summed E-state index contributed by atoms with van der Waals surface area (Å²) in [4.78, 5) is 0. The third-order valence-corrected chi connectivity index (χ3v) is 5.24. The van der Waals surface area contributed by atoms with Crippen LogP contribution in [0.4, 0.5) is 0 Å². The van der Waals surface area contributed by atoms with Gasteiger partial charge in [0.1, 0.15) is 5.51 Å². The zero-order valence-corrected chi connectivity index (χ0v) is 9.62. The fourth-order valence-electron chi connectivity index (χ4n) is 1.85. The molecule has 1 fully saturated rings. The van der Waals surface area contributed by atoms with E-state index < -0.39 is 0 Å². The van der Waals surface area contributed by atoms with Crippen LogP contribution in [0.15, 0.2) is 9.85 Å². The standard InChI is InChI=1S/C9H14N2S2/c1-9(2)5-3-4-7(9)13-8-11-10-6-12-8/h6-7H,3-5H2,1-2H3. The van der Waals surface area contributed by atoms with E-state index in [0.717, 1.165) is 9.59 Å². The topological polar surface area (TPSA) is 25.8 Å². The van der Waals surface area contributed by atoms with Crippen molar-refractivity contribution in [2.45, 2.75) is 42.7 Å². The van der Waals surface area contributed by atoms with Crippen LogP contribution in [0.2, 0.25) is 0 Å². The molecule has 1 aliphatic carbocycles. The molecule has 1 saturated carbocycles. The van der Waals surface area contributed by atoms with Gasteiger partial charge in [-0.05, 0) is 18.3 Å². The molecule has 1 heterocycles. The molecule has 0 aliphatic heterocycles. The Bertz CT molecular complexity index is 269. The van der Waals surface area contributed by atoms with Gasteiger partial charge in [-0.25, -0.2) is 0 Å². The van der Waals surface area contributed by atoms with Gasteiger partial charge in [-0.1, -0.05) is 43.4 Å². The Hall–Kier alpha value is -0.0900. The molecule has 0 aromatic carbocycles. The third kappa shape index (κ3) is 2.05. The fraction of sp³-hybridized carbons (Fsp3) is 0.778. The molecule has 0 N–H and O–H groups in total. The summed E-state index contributed by atoms with van der Waals surface area (Å²) in [7, 11) is 0. The molecule has 72 valence electrons. The summed E-state index contributed by atoms with van der Waals surface area (Å²) in [6, 6.07) is 0. The molecule has 2 nitrogen and oxygen atoms in total. The molecule has 1 aromatic rings. The smallest absolute Gasteiger partial charge is 0.146 e. The van der Waals surface area contributed by atoms with Crippen molar-refractivity contribution in [2.75, 3.05) is 0 Å². The molecule has 2 rings (SSSR count). The molecule has 1 unspecified atom stereocenters. The predicted molar refractivity (Wildman–Crippen MR) is 57.2 cm³/mol. The highest BCUT2D eigenvalue weighted by atomic mass is 32.2. The van der Waals surface area contributed by atoms with Crippen molar-refractivity contribution < 1.29 is 0 Å². The number of hydrogen-bond acceptors (Lipinski definition) is 4. The van der Waals surface area contributed by atoms with Crippen molar-refractivity contribution in [1.82, 2.24) is 10.2 Å². The lowest BCUT2D eigenvalue weighted by atomic mass is 9.92. The molecule has 0 bridgehead atoms. The van der Waals surface area contributed by atoms with Crippen molar-refractivity contribution in [3.05, 3.63) is 5.51 Å². The summed E-state index contributed by atoms with van der Waals surface area (Å²) in [6.07, 6.45) is 4.05. The van der Waals surface area contributed by atoms with E-state index in [0.29, 0.717) is 5.41 Å². The summed E-state index contributed by atoms with van der Waals surface area (Å²) in [5.41, 5.74) is 2.29. The van der Waals surface area contributed by atoms with Gasteiger partial charge < -0.3 is 0 Å². The largest absolute Gasteiger partial charge is 0.174 e. The van der Waals surface area contributed by atoms with Crippen LogP contribution in [-0.2, 0) is 0 Å². The van der Waals surface area contributed by atoms with E-state index in [9.17, 15) is 0 Å². The van der Waals surface area contributed by atoms with E-state index >= 15 is 0 Å². The molecule has 13 heavy (non-hydrogen) atoms. The second-order valence-electron chi connectivity index (χ2n) is 4.19. The van der Waals surface area contributed by atoms with Crippen LogP contribution >= 0.6 is 23.1 Å². The van der Waals surface area contributed by atoms with Crippen LogP contribution in [0, 0.1) is 5.41 Å². The quantitative estimate of drug-likeness (QED) is 0.756. The second kappa shape index (κ2) is 3.58. The maximum atomic E-state index is 4.08. The highest BCUT2D eigenvalue weighted by molar-refractivity contribution is 8.01. The Kier molecular flexibility index (Phi) is 2.60. The summed E-state index contributed by atoms with van der Waals surface area (Å²) in [5.74, 6) is 0. The number of thioether (sulfide) groups is 1. The number of hydrogen-bond donors (Lipinski definition) is 0. The van der Waals surface area contributed by atoms with E-state index in [2.05, 4.69) is 24.0 Å². The number of nitrogens with zero attached hydrogens (tertiary/aromatic N) is 2. The van der Waals surface area contributed by atoms with Crippen molar-refractivity contribution in [3.8, 4) is 0 Å². The summed E-state index contributed by atoms with van der Waals surface area (Å²) in [6.45, 7) is 4.72. The van der Waals surface area contributed by atoms with Crippen LogP contribution in [0.5, 0.6) is 0 Å². The van der Waals surface area contributed by atoms with Crippen molar-refractivity contribution in [2.24, 2.45) is 5.41 Å². The molecule has 1 atom stereocenters. The molecule has 1 aromatic heterocycles. The first kappa shape index (κ1) is 9.46. The van der Waals surface area contributed by atoms with Gasteiger partial charge in [0.15, 0.2) is 4.34 Å². The van der Waals surface area contributed by atoms with Gasteiger partial charge in [0.25, 0.3) is 0 Å². The Morgan fingerprint density at radius 1 is 1.62 bits per heavy atom. The minimum absolute atomic E-state index is 0.482. The highest BCUT2D eigenvalue weighted by Gasteiger charge is 2.35. The number of aromatic nitrogens is 2. The molecule has 0 spiro atoms. The SMILES string of the molecule is CC1(C)CCCC1Sc1nncs1. The fourth-order valence-corrected chi connectivity index (χ4v) is 3.89. The maximum absolute atomic E-state index is 4.08. The van der Waals surface area contributed by atoms with Crippen LogP contribution in [0.25, 0.3) is 0 Å². The molecular formula is C9H14N2S2. The monoisotopic (exact) mass is 214 g/mol. The Balaban J connectivity index is 2.02. The van der Waals surface area contributed by atoms with Crippen LogP contribution in [-0.4, -0.2) is 15.4 Å². The summed E-state index contributed by atoms with van der Waals surface area (Å²) in [5, 5.41) is 8.67. The van der Waals surface area contributed by atoms with Gasteiger partial charge in [0.05, 0.1) is 0 Å². The average molecular weight is 214 g/mol. The van der Waals surface area contributed by atoms with E-state index in [1.807, 2.05) is 17.3 Å². The first-order valence-corrected chi connectivity index (χ1v) is 6.37. The van der Waals surface area contributed by atoms with Gasteiger partial charge in [0, 0.05) is 5.25 Å². The van der Waals surface area contributed by atoms with Gasteiger partial charge in [-0.2, -0.15) is 0 Å². The number of rotatable bonds is 2. The van der Waals surface area contributed by atoms with Gasteiger partial charge in [-0.15, -0.1) is 10.2 Å². The third-order valence-electron chi connectivity index (χ3n) is 2.74. The van der Waals surface area contributed by atoms with E-state index in [4.69, 9.17) is 0 Å². The molecular weight excluding hydrogens is 200 g/mol. The zero-order valence-electron chi connectivity index (χ0n) is 7.99. The molecule has 0 amide bonds. The van der Waals surface area contributed by atoms with Gasteiger partial charge in [-0.3, -0.25) is 0 Å².